The Morgan fingerprint density at radius 3 is 2.69 bits per heavy atom. The Bertz CT molecular complexity index is 1060. The Hall–Kier alpha value is -2.92. The lowest BCUT2D eigenvalue weighted by atomic mass is 10.1. The molecule has 0 aliphatic rings. The summed E-state index contributed by atoms with van der Waals surface area (Å²) in [4.78, 5) is 11.2. The summed E-state index contributed by atoms with van der Waals surface area (Å²) in [5, 5.41) is 9.74. The number of carbonyl (C=O) groups is 1. The highest BCUT2D eigenvalue weighted by molar-refractivity contribution is 7.71. The SMILES string of the molecule is CCOc1c(/C=C/c2ccccc2C)oc2ccc(C(=O)O)cc2c1=S. The Morgan fingerprint density at radius 1 is 1.23 bits per heavy atom. The highest BCUT2D eigenvalue weighted by atomic mass is 32.1. The Morgan fingerprint density at radius 2 is 2.00 bits per heavy atom. The molecule has 26 heavy (non-hydrogen) atoms. The number of hydrogen-bond acceptors (Lipinski definition) is 4. The van der Waals surface area contributed by atoms with E-state index in [4.69, 9.17) is 21.4 Å². The largest absolute Gasteiger partial charge is 0.488 e. The number of fused-ring (bicyclic) bond motifs is 1. The van der Waals surface area contributed by atoms with Crippen molar-refractivity contribution in [3.63, 3.8) is 0 Å². The molecular weight excluding hydrogens is 348 g/mol. The van der Waals surface area contributed by atoms with Gasteiger partial charge in [-0.3, -0.25) is 0 Å². The van der Waals surface area contributed by atoms with Gasteiger partial charge in [0.25, 0.3) is 0 Å². The molecule has 0 radical (unpaired) electrons. The van der Waals surface area contributed by atoms with Crippen LogP contribution in [0.25, 0.3) is 23.1 Å². The average Bonchev–Trinajstić information content (AvgIpc) is 2.63. The summed E-state index contributed by atoms with van der Waals surface area (Å²) >= 11 is 5.54. The fourth-order valence-electron chi connectivity index (χ4n) is 2.66. The zero-order chi connectivity index (χ0) is 18.7. The Labute approximate surface area is 156 Å². The van der Waals surface area contributed by atoms with Crippen LogP contribution >= 0.6 is 12.2 Å². The predicted octanol–water partition coefficient (Wildman–Crippen LogP) is 5.74. The lowest BCUT2D eigenvalue weighted by Gasteiger charge is -2.10. The van der Waals surface area contributed by atoms with E-state index in [1.165, 1.54) is 12.1 Å². The molecule has 0 saturated heterocycles. The fourth-order valence-corrected chi connectivity index (χ4v) is 2.98. The van der Waals surface area contributed by atoms with Crippen LogP contribution in [0.2, 0.25) is 0 Å². The quantitative estimate of drug-likeness (QED) is 0.584. The van der Waals surface area contributed by atoms with Crippen LogP contribution in [0.5, 0.6) is 5.75 Å². The number of hydrogen-bond donors (Lipinski definition) is 1. The maximum absolute atomic E-state index is 11.2. The standard InChI is InChI=1S/C21H18O4S/c1-3-24-19-18(11-8-14-7-5-4-6-13(14)2)25-17-10-9-15(21(22)23)12-16(17)20(19)26/h4-12H,3H2,1-2H3,(H,22,23)/b11-8+. The number of aryl methyl sites for hydroxylation is 1. The maximum Gasteiger partial charge on any atom is 0.335 e. The van der Waals surface area contributed by atoms with Gasteiger partial charge in [-0.1, -0.05) is 42.6 Å². The third-order valence-electron chi connectivity index (χ3n) is 4.01. The van der Waals surface area contributed by atoms with Crippen molar-refractivity contribution in [2.24, 2.45) is 0 Å². The molecule has 3 aromatic rings. The van der Waals surface area contributed by atoms with Crippen molar-refractivity contribution in [2.45, 2.75) is 13.8 Å². The van der Waals surface area contributed by atoms with E-state index < -0.39 is 5.97 Å². The van der Waals surface area contributed by atoms with Crippen LogP contribution in [0.15, 0.2) is 46.9 Å². The molecule has 5 heteroatoms. The summed E-state index contributed by atoms with van der Waals surface area (Å²) in [7, 11) is 0. The van der Waals surface area contributed by atoms with E-state index in [-0.39, 0.29) is 5.56 Å². The molecule has 3 rings (SSSR count). The van der Waals surface area contributed by atoms with Crippen molar-refractivity contribution in [1.82, 2.24) is 0 Å². The summed E-state index contributed by atoms with van der Waals surface area (Å²) < 4.78 is 12.1. The first-order valence-electron chi connectivity index (χ1n) is 8.22. The van der Waals surface area contributed by atoms with Gasteiger partial charge in [-0.2, -0.15) is 0 Å². The lowest BCUT2D eigenvalue weighted by Crippen LogP contribution is -1.98. The highest BCUT2D eigenvalue weighted by Gasteiger charge is 2.13. The van der Waals surface area contributed by atoms with Crippen LogP contribution in [0.3, 0.4) is 0 Å². The molecule has 1 aromatic heterocycles. The van der Waals surface area contributed by atoms with E-state index in [1.54, 1.807) is 6.07 Å². The topological polar surface area (TPSA) is 59.7 Å². The van der Waals surface area contributed by atoms with E-state index in [1.807, 2.05) is 50.3 Å². The smallest absolute Gasteiger partial charge is 0.335 e. The molecule has 2 aromatic carbocycles. The number of aromatic carboxylic acids is 1. The monoisotopic (exact) mass is 366 g/mol. The maximum atomic E-state index is 11.2. The molecular formula is C21H18O4S. The lowest BCUT2D eigenvalue weighted by molar-refractivity contribution is 0.0697. The molecule has 0 spiro atoms. The van der Waals surface area contributed by atoms with Gasteiger partial charge in [0.1, 0.15) is 5.58 Å². The molecule has 0 atom stereocenters. The van der Waals surface area contributed by atoms with Gasteiger partial charge in [-0.25, -0.2) is 4.79 Å². The van der Waals surface area contributed by atoms with Crippen LogP contribution in [-0.2, 0) is 0 Å². The molecule has 0 saturated carbocycles. The second-order valence-corrected chi connectivity index (χ2v) is 6.17. The highest BCUT2D eigenvalue weighted by Crippen LogP contribution is 2.31. The Kier molecular flexibility index (Phi) is 5.19. The van der Waals surface area contributed by atoms with E-state index in [2.05, 4.69) is 0 Å². The van der Waals surface area contributed by atoms with Crippen LogP contribution in [0.4, 0.5) is 0 Å². The predicted molar refractivity (Wildman–Crippen MR) is 105 cm³/mol. The average molecular weight is 366 g/mol. The minimum Gasteiger partial charge on any atom is -0.488 e. The van der Waals surface area contributed by atoms with Gasteiger partial charge in [-0.15, -0.1) is 0 Å². The van der Waals surface area contributed by atoms with Crippen molar-refractivity contribution in [3.05, 3.63) is 69.4 Å². The molecule has 0 unspecified atom stereocenters. The van der Waals surface area contributed by atoms with E-state index in [9.17, 15) is 9.90 Å². The van der Waals surface area contributed by atoms with Gasteiger partial charge in [0.2, 0.25) is 0 Å². The number of carboxylic acids is 1. The van der Waals surface area contributed by atoms with Gasteiger partial charge < -0.3 is 14.3 Å². The fraction of sp³-hybridized carbons (Fsp3) is 0.143. The molecule has 0 amide bonds. The second kappa shape index (κ2) is 7.54. The van der Waals surface area contributed by atoms with Gasteiger partial charge in [0, 0.05) is 5.39 Å². The zero-order valence-corrected chi connectivity index (χ0v) is 15.3. The molecule has 0 bridgehead atoms. The summed E-state index contributed by atoms with van der Waals surface area (Å²) in [6.45, 7) is 4.32. The summed E-state index contributed by atoms with van der Waals surface area (Å²) in [5.41, 5.74) is 2.89. The summed E-state index contributed by atoms with van der Waals surface area (Å²) in [5.74, 6) is -0.0548. The van der Waals surface area contributed by atoms with Crippen LogP contribution < -0.4 is 4.74 Å². The van der Waals surface area contributed by atoms with Gasteiger partial charge in [-0.05, 0) is 49.2 Å². The van der Waals surface area contributed by atoms with E-state index in [0.29, 0.717) is 33.6 Å². The normalized spacial score (nSPS) is 11.2. The van der Waals surface area contributed by atoms with Crippen molar-refractivity contribution in [1.29, 1.82) is 0 Å². The summed E-state index contributed by atoms with van der Waals surface area (Å²) in [6.07, 6.45) is 3.77. The number of rotatable bonds is 5. The third kappa shape index (κ3) is 3.53. The van der Waals surface area contributed by atoms with Crippen molar-refractivity contribution in [2.75, 3.05) is 6.61 Å². The summed E-state index contributed by atoms with van der Waals surface area (Å²) in [6, 6.07) is 12.6. The molecule has 0 fully saturated rings. The second-order valence-electron chi connectivity index (χ2n) is 5.76. The first-order valence-corrected chi connectivity index (χ1v) is 8.62. The zero-order valence-electron chi connectivity index (χ0n) is 14.5. The number of benzene rings is 2. The number of ether oxygens (including phenoxy) is 1. The molecule has 0 aliphatic heterocycles. The number of carboxylic acid groups (broad SMARTS) is 1. The van der Waals surface area contributed by atoms with Crippen molar-refractivity contribution in [3.8, 4) is 5.75 Å². The molecule has 0 aliphatic carbocycles. The van der Waals surface area contributed by atoms with Gasteiger partial charge >= 0.3 is 5.97 Å². The molecule has 132 valence electrons. The van der Waals surface area contributed by atoms with Gasteiger partial charge in [0.05, 0.1) is 16.7 Å². The minimum absolute atomic E-state index is 0.157. The van der Waals surface area contributed by atoms with Crippen molar-refractivity contribution < 1.29 is 19.1 Å². The minimum atomic E-state index is -1.01. The van der Waals surface area contributed by atoms with Crippen molar-refractivity contribution >= 4 is 41.3 Å². The molecule has 1 N–H and O–H groups in total. The third-order valence-corrected chi connectivity index (χ3v) is 4.42. The van der Waals surface area contributed by atoms with Crippen LogP contribution in [-0.4, -0.2) is 17.7 Å². The van der Waals surface area contributed by atoms with Crippen LogP contribution in [0.1, 0.15) is 34.2 Å². The molecule has 4 nitrogen and oxygen atoms in total. The van der Waals surface area contributed by atoms with Gasteiger partial charge in [0.15, 0.2) is 11.5 Å². The van der Waals surface area contributed by atoms with Crippen LogP contribution in [0, 0.1) is 11.4 Å². The van der Waals surface area contributed by atoms with E-state index >= 15 is 0 Å². The Balaban J connectivity index is 2.17. The van der Waals surface area contributed by atoms with E-state index in [0.717, 1.165) is 11.1 Å². The molecule has 1 heterocycles. The first-order chi connectivity index (χ1) is 12.5. The first kappa shape index (κ1) is 17.9.